The van der Waals surface area contributed by atoms with Gasteiger partial charge in [-0.15, -0.1) is 0 Å². The van der Waals surface area contributed by atoms with Gasteiger partial charge in [0.25, 0.3) is 5.91 Å². The van der Waals surface area contributed by atoms with Gasteiger partial charge in [0.05, 0.1) is 17.0 Å². The van der Waals surface area contributed by atoms with Gasteiger partial charge in [-0.25, -0.2) is 9.97 Å². The van der Waals surface area contributed by atoms with Crippen LogP contribution >= 0.6 is 0 Å². The molecule has 8 heteroatoms. The van der Waals surface area contributed by atoms with E-state index in [0.29, 0.717) is 24.7 Å². The molecule has 0 saturated carbocycles. The molecule has 0 aliphatic carbocycles. The lowest BCUT2D eigenvalue weighted by atomic mass is 9.92. The molecule has 0 unspecified atom stereocenters. The third-order valence-corrected chi connectivity index (χ3v) is 5.28. The van der Waals surface area contributed by atoms with Crippen LogP contribution in [0.3, 0.4) is 0 Å². The molecule has 0 radical (unpaired) electrons. The fourth-order valence-corrected chi connectivity index (χ4v) is 3.85. The summed E-state index contributed by atoms with van der Waals surface area (Å²) in [5.74, 6) is 1.79. The van der Waals surface area contributed by atoms with Gasteiger partial charge in [0.1, 0.15) is 17.3 Å². The van der Waals surface area contributed by atoms with Crippen molar-refractivity contribution in [2.45, 2.75) is 39.5 Å². The number of carbonyl (C=O) groups is 1. The van der Waals surface area contributed by atoms with Crippen LogP contribution in [0.15, 0.2) is 22.9 Å². The number of likely N-dealkylation sites (tertiary alicyclic amines) is 1. The molecule has 1 aliphatic heterocycles. The van der Waals surface area contributed by atoms with Crippen LogP contribution in [-0.4, -0.2) is 48.8 Å². The lowest BCUT2D eigenvalue weighted by Gasteiger charge is -2.31. The zero-order valence-electron chi connectivity index (χ0n) is 16.6. The molecule has 1 fully saturated rings. The molecule has 0 N–H and O–H groups in total. The van der Waals surface area contributed by atoms with Gasteiger partial charge in [0.15, 0.2) is 0 Å². The van der Waals surface area contributed by atoms with E-state index in [-0.39, 0.29) is 5.91 Å². The van der Waals surface area contributed by atoms with Crippen LogP contribution in [0.2, 0.25) is 0 Å². The molecule has 1 saturated heterocycles. The molecule has 0 atom stereocenters. The third kappa shape index (κ3) is 3.42. The van der Waals surface area contributed by atoms with Crippen LogP contribution in [-0.2, 0) is 7.05 Å². The van der Waals surface area contributed by atoms with Crippen molar-refractivity contribution in [3.8, 4) is 11.3 Å². The highest BCUT2D eigenvalue weighted by Crippen LogP contribution is 2.31. The van der Waals surface area contributed by atoms with Crippen molar-refractivity contribution in [2.24, 2.45) is 7.05 Å². The standard InChI is InChI=1S/C20H24N6O2/c1-12-19(13(2)28-24-12)18-11-17(21-14(3)22-18)15-5-9-26(10-6-15)20(27)16-7-8-25(4)23-16/h7-8,11,15H,5-6,9-10H2,1-4H3. The van der Waals surface area contributed by atoms with E-state index in [1.165, 1.54) is 0 Å². The van der Waals surface area contributed by atoms with E-state index in [9.17, 15) is 4.79 Å². The fourth-order valence-electron chi connectivity index (χ4n) is 3.85. The van der Waals surface area contributed by atoms with E-state index in [2.05, 4.69) is 20.2 Å². The molecule has 28 heavy (non-hydrogen) atoms. The van der Waals surface area contributed by atoms with Crippen molar-refractivity contribution >= 4 is 5.91 Å². The van der Waals surface area contributed by atoms with Crippen molar-refractivity contribution in [1.29, 1.82) is 0 Å². The number of aromatic nitrogens is 5. The summed E-state index contributed by atoms with van der Waals surface area (Å²) in [6.45, 7) is 7.12. The Morgan fingerprint density at radius 1 is 1.18 bits per heavy atom. The first-order chi connectivity index (χ1) is 13.4. The van der Waals surface area contributed by atoms with Gasteiger partial charge in [0, 0.05) is 37.9 Å². The number of hydrogen-bond acceptors (Lipinski definition) is 6. The number of aryl methyl sites for hydroxylation is 4. The molecule has 1 aliphatic rings. The van der Waals surface area contributed by atoms with Crippen LogP contribution in [0.25, 0.3) is 11.3 Å². The van der Waals surface area contributed by atoms with Crippen molar-refractivity contribution in [3.63, 3.8) is 0 Å². The van der Waals surface area contributed by atoms with Crippen molar-refractivity contribution in [1.82, 2.24) is 29.8 Å². The van der Waals surface area contributed by atoms with Crippen LogP contribution in [0.1, 0.15) is 52.2 Å². The molecule has 3 aromatic rings. The number of amides is 1. The van der Waals surface area contributed by atoms with Gasteiger partial charge in [-0.2, -0.15) is 5.10 Å². The summed E-state index contributed by atoms with van der Waals surface area (Å²) >= 11 is 0. The second-order valence-electron chi connectivity index (χ2n) is 7.37. The fraction of sp³-hybridized carbons (Fsp3) is 0.450. The Morgan fingerprint density at radius 2 is 1.93 bits per heavy atom. The van der Waals surface area contributed by atoms with Gasteiger partial charge in [-0.3, -0.25) is 9.48 Å². The molecule has 1 amide bonds. The number of piperidine rings is 1. The number of nitrogens with zero attached hydrogens (tertiary/aromatic N) is 6. The average molecular weight is 380 g/mol. The molecule has 0 spiro atoms. The molecule has 4 heterocycles. The van der Waals surface area contributed by atoms with E-state index in [0.717, 1.165) is 47.1 Å². The van der Waals surface area contributed by atoms with E-state index >= 15 is 0 Å². The first-order valence-electron chi connectivity index (χ1n) is 9.50. The molecule has 0 aromatic carbocycles. The maximum atomic E-state index is 12.6. The van der Waals surface area contributed by atoms with Gasteiger partial charge in [-0.1, -0.05) is 5.16 Å². The largest absolute Gasteiger partial charge is 0.361 e. The zero-order valence-corrected chi connectivity index (χ0v) is 16.6. The Hall–Kier alpha value is -3.03. The molecule has 8 nitrogen and oxygen atoms in total. The highest BCUT2D eigenvalue weighted by Gasteiger charge is 2.27. The Labute approximate surface area is 163 Å². The lowest BCUT2D eigenvalue weighted by molar-refractivity contribution is 0.0705. The lowest BCUT2D eigenvalue weighted by Crippen LogP contribution is -2.38. The summed E-state index contributed by atoms with van der Waals surface area (Å²) in [6.07, 6.45) is 3.53. The van der Waals surface area contributed by atoms with Crippen molar-refractivity contribution < 1.29 is 9.32 Å². The third-order valence-electron chi connectivity index (χ3n) is 5.28. The Kier molecular flexibility index (Phi) is 4.70. The minimum Gasteiger partial charge on any atom is -0.361 e. The van der Waals surface area contributed by atoms with Crippen LogP contribution in [0, 0.1) is 20.8 Å². The topological polar surface area (TPSA) is 89.9 Å². The smallest absolute Gasteiger partial charge is 0.274 e. The van der Waals surface area contributed by atoms with Crippen molar-refractivity contribution in [2.75, 3.05) is 13.1 Å². The number of carbonyl (C=O) groups excluding carboxylic acids is 1. The molecule has 0 bridgehead atoms. The van der Waals surface area contributed by atoms with Gasteiger partial charge >= 0.3 is 0 Å². The van der Waals surface area contributed by atoms with Crippen LogP contribution in [0.4, 0.5) is 0 Å². The normalized spacial score (nSPS) is 15.2. The second-order valence-corrected chi connectivity index (χ2v) is 7.37. The quantitative estimate of drug-likeness (QED) is 0.694. The maximum absolute atomic E-state index is 12.6. The maximum Gasteiger partial charge on any atom is 0.274 e. The average Bonchev–Trinajstić information content (AvgIpc) is 3.26. The highest BCUT2D eigenvalue weighted by molar-refractivity contribution is 5.92. The highest BCUT2D eigenvalue weighted by atomic mass is 16.5. The predicted molar refractivity (Wildman–Crippen MR) is 103 cm³/mol. The van der Waals surface area contributed by atoms with Gasteiger partial charge in [-0.05, 0) is 45.7 Å². The first kappa shape index (κ1) is 18.3. The van der Waals surface area contributed by atoms with Gasteiger partial charge in [0.2, 0.25) is 0 Å². The number of rotatable bonds is 3. The summed E-state index contributed by atoms with van der Waals surface area (Å²) in [6, 6.07) is 3.80. The van der Waals surface area contributed by atoms with E-state index in [1.807, 2.05) is 38.8 Å². The number of hydrogen-bond donors (Lipinski definition) is 0. The molecule has 4 rings (SSSR count). The monoisotopic (exact) mass is 380 g/mol. The van der Waals surface area contributed by atoms with E-state index in [1.54, 1.807) is 16.9 Å². The predicted octanol–water partition coefficient (Wildman–Crippen LogP) is 2.81. The van der Waals surface area contributed by atoms with E-state index < -0.39 is 0 Å². The van der Waals surface area contributed by atoms with Crippen LogP contribution < -0.4 is 0 Å². The van der Waals surface area contributed by atoms with Crippen LogP contribution in [0.5, 0.6) is 0 Å². The van der Waals surface area contributed by atoms with Gasteiger partial charge < -0.3 is 9.42 Å². The Bertz CT molecular complexity index is 994. The second kappa shape index (κ2) is 7.18. The molecular weight excluding hydrogens is 356 g/mol. The van der Waals surface area contributed by atoms with Crippen molar-refractivity contribution in [3.05, 3.63) is 47.0 Å². The summed E-state index contributed by atoms with van der Waals surface area (Å²) in [4.78, 5) is 23.7. The summed E-state index contributed by atoms with van der Waals surface area (Å²) in [7, 11) is 1.82. The van der Waals surface area contributed by atoms with E-state index in [4.69, 9.17) is 4.52 Å². The Morgan fingerprint density at radius 3 is 2.54 bits per heavy atom. The summed E-state index contributed by atoms with van der Waals surface area (Å²) < 4.78 is 6.95. The molecule has 3 aromatic heterocycles. The Balaban J connectivity index is 1.51. The SMILES string of the molecule is Cc1nc(-c2c(C)noc2C)cc(C2CCN(C(=O)c3ccn(C)n3)CC2)n1. The summed E-state index contributed by atoms with van der Waals surface area (Å²) in [5.41, 5.74) is 4.14. The molecular formula is C20H24N6O2. The minimum atomic E-state index is -0.00525. The summed E-state index contributed by atoms with van der Waals surface area (Å²) in [5, 5.41) is 8.26. The zero-order chi connectivity index (χ0) is 19.8. The minimum absolute atomic E-state index is 0.00525. The molecule has 146 valence electrons. The first-order valence-corrected chi connectivity index (χ1v) is 9.50.